The molecule has 0 aromatic heterocycles. The number of halogens is 1. The van der Waals surface area contributed by atoms with E-state index in [0.29, 0.717) is 48.0 Å². The Morgan fingerprint density at radius 3 is 2.30 bits per heavy atom. The number of aliphatic hydroxyl groups excluding tert-OH is 1. The number of rotatable bonds is 14. The maximum Gasteiger partial charge on any atom is 0.251 e. The molecule has 3 aliphatic heterocycles. The number of amides is 3. The Balaban J connectivity index is 1.46. The van der Waals surface area contributed by atoms with Gasteiger partial charge in [0.05, 0.1) is 46.5 Å². The van der Waals surface area contributed by atoms with Crippen molar-refractivity contribution >= 4 is 52.5 Å². The van der Waals surface area contributed by atoms with Gasteiger partial charge in [0, 0.05) is 23.5 Å². The smallest absolute Gasteiger partial charge is 0.251 e. The molecule has 8 nitrogen and oxygen atoms in total. The van der Waals surface area contributed by atoms with Gasteiger partial charge in [-0.2, -0.15) is 0 Å². The fourth-order valence-electron chi connectivity index (χ4n) is 8.31. The normalized spacial score (nSPS) is 25.6. The number of carbonyl (C=O) groups is 3. The van der Waals surface area contributed by atoms with Gasteiger partial charge < -0.3 is 24.5 Å². The van der Waals surface area contributed by atoms with Crippen LogP contribution < -0.4 is 14.5 Å². The zero-order valence-electron chi connectivity index (χ0n) is 28.5. The first kappa shape index (κ1) is 35.8. The van der Waals surface area contributed by atoms with E-state index in [9.17, 15) is 9.90 Å². The molecule has 2 bridgehead atoms. The summed E-state index contributed by atoms with van der Waals surface area (Å²) in [5.74, 6) is -1.58. The summed E-state index contributed by atoms with van der Waals surface area (Å²) in [6.45, 7) is 12.4. The number of ether oxygens (including phenoxy) is 1. The second kappa shape index (κ2) is 14.7. The van der Waals surface area contributed by atoms with Crippen LogP contribution in [0.15, 0.2) is 104 Å². The Bertz CT molecular complexity index is 1760. The largest absolute Gasteiger partial charge is 0.494 e. The van der Waals surface area contributed by atoms with Gasteiger partial charge in [0.1, 0.15) is 11.8 Å². The molecule has 10 heteroatoms. The van der Waals surface area contributed by atoms with E-state index in [1.54, 1.807) is 56.8 Å². The molecule has 0 aliphatic carbocycles. The van der Waals surface area contributed by atoms with Crippen molar-refractivity contribution in [3.05, 3.63) is 115 Å². The third-order valence-corrected chi connectivity index (χ3v) is 12.7. The van der Waals surface area contributed by atoms with Crippen LogP contribution in [0.2, 0.25) is 5.02 Å². The van der Waals surface area contributed by atoms with E-state index in [4.69, 9.17) is 16.3 Å². The average Bonchev–Trinajstić information content (AvgIpc) is 3.70. The number of aliphatic hydroxyl groups is 1. The Kier molecular flexibility index (Phi) is 10.5. The molecule has 262 valence electrons. The van der Waals surface area contributed by atoms with Gasteiger partial charge in [0.25, 0.3) is 5.91 Å². The molecule has 6 atom stereocenters. The van der Waals surface area contributed by atoms with Gasteiger partial charge in [-0.15, -0.1) is 24.9 Å². The van der Waals surface area contributed by atoms with Crippen LogP contribution in [0, 0.1) is 11.8 Å². The molecule has 3 heterocycles. The molecule has 3 saturated heterocycles. The SMILES string of the molecule is C=CCN(C(=O)[C@@H]1[C@H]2C(=O)N([C@@H](CO)Cc3ccccc3)C(C(=O)N(CC=C)c3ccccc3Cl)C23CC[C@@]1(C)S3)c1ccc(OCC)cc1. The maximum atomic E-state index is 15.2. The second-order valence-electron chi connectivity index (χ2n) is 13.4. The van der Waals surface area contributed by atoms with E-state index in [1.165, 1.54) is 0 Å². The fraction of sp³-hybridized carbons (Fsp3) is 0.375. The van der Waals surface area contributed by atoms with E-state index in [0.717, 1.165) is 5.56 Å². The molecule has 3 fully saturated rings. The zero-order valence-corrected chi connectivity index (χ0v) is 30.1. The van der Waals surface area contributed by atoms with Gasteiger partial charge >= 0.3 is 0 Å². The number of hydrogen-bond acceptors (Lipinski definition) is 6. The highest BCUT2D eigenvalue weighted by atomic mass is 35.5. The quantitative estimate of drug-likeness (QED) is 0.191. The molecule has 1 spiro atoms. The molecular weight excluding hydrogens is 670 g/mol. The van der Waals surface area contributed by atoms with Gasteiger partial charge in [-0.05, 0) is 75.1 Å². The van der Waals surface area contributed by atoms with Crippen molar-refractivity contribution in [2.45, 2.75) is 54.7 Å². The van der Waals surface area contributed by atoms with Crippen molar-refractivity contribution < 1.29 is 24.2 Å². The molecule has 0 saturated carbocycles. The molecule has 0 radical (unpaired) electrons. The molecule has 6 rings (SSSR count). The maximum absolute atomic E-state index is 15.2. The van der Waals surface area contributed by atoms with Crippen LogP contribution in [-0.2, 0) is 20.8 Å². The number of benzene rings is 3. The minimum absolute atomic E-state index is 0.166. The van der Waals surface area contributed by atoms with Crippen molar-refractivity contribution in [1.82, 2.24) is 4.90 Å². The van der Waals surface area contributed by atoms with Crippen LogP contribution in [-0.4, -0.2) is 75.6 Å². The first-order valence-electron chi connectivity index (χ1n) is 17.1. The number of nitrogens with zero attached hydrogens (tertiary/aromatic N) is 3. The summed E-state index contributed by atoms with van der Waals surface area (Å²) < 4.78 is 4.12. The molecular formula is C40H44ClN3O5S. The minimum atomic E-state index is -0.958. The second-order valence-corrected chi connectivity index (χ2v) is 15.7. The standard InChI is InChI=1S/C40H44ClN3O5S/c1-5-23-42(28-17-19-30(20-18-28)49-7-3)36(46)33-34-37(47)44(29(26-45)25-27-13-9-8-10-14-27)35(40(34)22-21-39(33,4)50-40)38(48)43(24-6-2)32-16-12-11-15-31(32)41/h5-6,8-20,29,33-35,45H,1-2,7,21-26H2,3-4H3/t29-,33+,34+,35?,39-,40?/m1/s1. The lowest BCUT2D eigenvalue weighted by Gasteiger charge is -2.40. The predicted octanol–water partition coefficient (Wildman–Crippen LogP) is 6.56. The summed E-state index contributed by atoms with van der Waals surface area (Å²) in [5, 5.41) is 11.3. The van der Waals surface area contributed by atoms with Crippen molar-refractivity contribution in [1.29, 1.82) is 0 Å². The van der Waals surface area contributed by atoms with E-state index < -0.39 is 33.4 Å². The van der Waals surface area contributed by atoms with Crippen LogP contribution in [0.25, 0.3) is 0 Å². The molecule has 3 aromatic carbocycles. The Morgan fingerprint density at radius 2 is 1.66 bits per heavy atom. The highest BCUT2D eigenvalue weighted by Gasteiger charge is 2.78. The predicted molar refractivity (Wildman–Crippen MR) is 201 cm³/mol. The third kappa shape index (κ3) is 6.14. The number of thioether (sulfide) groups is 1. The summed E-state index contributed by atoms with van der Waals surface area (Å²) >= 11 is 8.27. The molecule has 50 heavy (non-hydrogen) atoms. The average molecular weight is 714 g/mol. The van der Waals surface area contributed by atoms with E-state index in [-0.39, 0.29) is 37.4 Å². The van der Waals surface area contributed by atoms with E-state index in [2.05, 4.69) is 20.1 Å². The number of carbonyl (C=O) groups excluding carboxylic acids is 3. The summed E-state index contributed by atoms with van der Waals surface area (Å²) in [4.78, 5) is 50.1. The lowest BCUT2D eigenvalue weighted by atomic mass is 9.66. The van der Waals surface area contributed by atoms with Crippen molar-refractivity contribution in [3.63, 3.8) is 0 Å². The highest BCUT2D eigenvalue weighted by molar-refractivity contribution is 8.02. The number of para-hydroxylation sites is 1. The molecule has 3 aromatic rings. The summed E-state index contributed by atoms with van der Waals surface area (Å²) in [6.07, 6.45) is 4.89. The van der Waals surface area contributed by atoms with Gasteiger partial charge in [-0.25, -0.2) is 0 Å². The molecule has 3 aliphatic rings. The minimum Gasteiger partial charge on any atom is -0.494 e. The number of likely N-dealkylation sites (tertiary alicyclic amines) is 1. The number of hydrogen-bond donors (Lipinski definition) is 1. The first-order valence-corrected chi connectivity index (χ1v) is 18.3. The van der Waals surface area contributed by atoms with Gasteiger partial charge in [-0.3, -0.25) is 14.4 Å². The van der Waals surface area contributed by atoms with Crippen molar-refractivity contribution in [2.75, 3.05) is 36.1 Å². The number of anilines is 2. The summed E-state index contributed by atoms with van der Waals surface area (Å²) in [7, 11) is 0. The third-order valence-electron chi connectivity index (χ3n) is 10.4. The van der Waals surface area contributed by atoms with Crippen molar-refractivity contribution in [2.24, 2.45) is 11.8 Å². The Hall–Kier alpha value is -4.05. The summed E-state index contributed by atoms with van der Waals surface area (Å²) in [5.41, 5.74) is 2.12. The van der Waals surface area contributed by atoms with Crippen LogP contribution in [0.5, 0.6) is 5.75 Å². The van der Waals surface area contributed by atoms with E-state index in [1.807, 2.05) is 67.6 Å². The van der Waals surface area contributed by atoms with Gasteiger partial charge in [0.2, 0.25) is 11.8 Å². The van der Waals surface area contributed by atoms with Gasteiger partial charge in [0.15, 0.2) is 0 Å². The Labute approximate surface area is 303 Å². The highest BCUT2D eigenvalue weighted by Crippen LogP contribution is 2.72. The lowest BCUT2D eigenvalue weighted by molar-refractivity contribution is -0.142. The topological polar surface area (TPSA) is 90.4 Å². The fourth-order valence-corrected chi connectivity index (χ4v) is 10.9. The van der Waals surface area contributed by atoms with Crippen LogP contribution >= 0.6 is 23.4 Å². The number of fused-ring (bicyclic) bond motifs is 1. The molecule has 3 amide bonds. The van der Waals surface area contributed by atoms with E-state index >= 15 is 9.59 Å². The van der Waals surface area contributed by atoms with Crippen LogP contribution in [0.3, 0.4) is 0 Å². The first-order chi connectivity index (χ1) is 24.1. The Morgan fingerprint density at radius 1 is 1.00 bits per heavy atom. The zero-order chi connectivity index (χ0) is 35.6. The monoisotopic (exact) mass is 713 g/mol. The lowest BCUT2D eigenvalue weighted by Crippen LogP contribution is -2.58. The molecule has 1 N–H and O–H groups in total. The van der Waals surface area contributed by atoms with Gasteiger partial charge in [-0.1, -0.05) is 66.2 Å². The van der Waals surface area contributed by atoms with Crippen LogP contribution in [0.1, 0.15) is 32.3 Å². The molecule has 2 unspecified atom stereocenters. The van der Waals surface area contributed by atoms with Crippen molar-refractivity contribution in [3.8, 4) is 5.75 Å². The summed E-state index contributed by atoms with van der Waals surface area (Å²) in [6, 6.07) is 22.5. The van der Waals surface area contributed by atoms with Crippen LogP contribution in [0.4, 0.5) is 11.4 Å².